The molecular formula is C25H24N4O5. The minimum absolute atomic E-state index is 0.0298. The van der Waals surface area contributed by atoms with Gasteiger partial charge in [-0.15, -0.1) is 0 Å². The van der Waals surface area contributed by atoms with Gasteiger partial charge < -0.3 is 20.1 Å². The molecule has 9 nitrogen and oxygen atoms in total. The summed E-state index contributed by atoms with van der Waals surface area (Å²) in [5.74, 6) is -1.07. The Kier molecular flexibility index (Phi) is 6.82. The molecule has 0 unspecified atom stereocenters. The summed E-state index contributed by atoms with van der Waals surface area (Å²) in [6.45, 7) is 0.329. The average molecular weight is 460 g/mol. The van der Waals surface area contributed by atoms with Crippen molar-refractivity contribution in [2.24, 2.45) is 0 Å². The number of carboxylic acids is 1. The second-order valence-electron chi connectivity index (χ2n) is 7.94. The SMILES string of the molecule is CN(CCC(=O)O)C(=O)c1cnc(CNC(=O)OCC2c3ccccc3-c3ccccc32)nc1. The summed E-state index contributed by atoms with van der Waals surface area (Å²) in [6, 6.07) is 16.2. The van der Waals surface area contributed by atoms with E-state index in [1.165, 1.54) is 24.3 Å². The number of carboxylic acid groups (broad SMARTS) is 1. The van der Waals surface area contributed by atoms with Crippen molar-refractivity contribution in [3.8, 4) is 11.1 Å². The fourth-order valence-corrected chi connectivity index (χ4v) is 3.94. The fraction of sp³-hybridized carbons (Fsp3) is 0.240. The first kappa shape index (κ1) is 22.9. The van der Waals surface area contributed by atoms with Gasteiger partial charge >= 0.3 is 12.1 Å². The van der Waals surface area contributed by atoms with E-state index in [0.29, 0.717) is 5.82 Å². The van der Waals surface area contributed by atoms with Crippen molar-refractivity contribution in [3.05, 3.63) is 83.4 Å². The van der Waals surface area contributed by atoms with E-state index in [9.17, 15) is 14.4 Å². The molecular weight excluding hydrogens is 436 g/mol. The van der Waals surface area contributed by atoms with Crippen LogP contribution >= 0.6 is 0 Å². The summed E-state index contributed by atoms with van der Waals surface area (Å²) in [5, 5.41) is 11.4. The van der Waals surface area contributed by atoms with Gasteiger partial charge in [-0.1, -0.05) is 48.5 Å². The van der Waals surface area contributed by atoms with E-state index >= 15 is 0 Å². The summed E-state index contributed by atoms with van der Waals surface area (Å²) in [5.41, 5.74) is 4.81. The zero-order valence-electron chi connectivity index (χ0n) is 18.6. The number of amides is 2. The molecule has 0 saturated heterocycles. The zero-order valence-corrected chi connectivity index (χ0v) is 18.6. The molecule has 1 aromatic heterocycles. The van der Waals surface area contributed by atoms with Crippen molar-refractivity contribution < 1.29 is 24.2 Å². The number of nitrogens with zero attached hydrogens (tertiary/aromatic N) is 3. The number of benzene rings is 2. The van der Waals surface area contributed by atoms with E-state index in [-0.39, 0.29) is 43.5 Å². The molecule has 2 N–H and O–H groups in total. The minimum Gasteiger partial charge on any atom is -0.481 e. The van der Waals surface area contributed by atoms with Crippen molar-refractivity contribution in [2.75, 3.05) is 20.2 Å². The van der Waals surface area contributed by atoms with Crippen molar-refractivity contribution in [1.29, 1.82) is 0 Å². The highest BCUT2D eigenvalue weighted by Gasteiger charge is 2.29. The van der Waals surface area contributed by atoms with Crippen LogP contribution in [0.2, 0.25) is 0 Å². The molecule has 2 amide bonds. The van der Waals surface area contributed by atoms with Crippen LogP contribution < -0.4 is 5.32 Å². The third-order valence-corrected chi connectivity index (χ3v) is 5.69. The van der Waals surface area contributed by atoms with Gasteiger partial charge in [0.25, 0.3) is 5.91 Å². The molecule has 1 heterocycles. The Morgan fingerprint density at radius 1 is 1.00 bits per heavy atom. The lowest BCUT2D eigenvalue weighted by molar-refractivity contribution is -0.137. The van der Waals surface area contributed by atoms with Crippen molar-refractivity contribution in [2.45, 2.75) is 18.9 Å². The van der Waals surface area contributed by atoms with Gasteiger partial charge in [0, 0.05) is 31.9 Å². The van der Waals surface area contributed by atoms with Gasteiger partial charge in [0.2, 0.25) is 0 Å². The molecule has 0 fully saturated rings. The van der Waals surface area contributed by atoms with E-state index < -0.39 is 12.1 Å². The monoisotopic (exact) mass is 460 g/mol. The molecule has 0 radical (unpaired) electrons. The molecule has 0 spiro atoms. The third-order valence-electron chi connectivity index (χ3n) is 5.69. The lowest BCUT2D eigenvalue weighted by Gasteiger charge is -2.16. The van der Waals surface area contributed by atoms with Crippen LogP contribution in [0, 0.1) is 0 Å². The highest BCUT2D eigenvalue weighted by atomic mass is 16.5. The van der Waals surface area contributed by atoms with Gasteiger partial charge in [-0.25, -0.2) is 14.8 Å². The number of carbonyl (C=O) groups is 3. The second-order valence-corrected chi connectivity index (χ2v) is 7.94. The van der Waals surface area contributed by atoms with Crippen molar-refractivity contribution in [1.82, 2.24) is 20.2 Å². The molecule has 0 atom stereocenters. The highest BCUT2D eigenvalue weighted by molar-refractivity contribution is 5.93. The number of carbonyl (C=O) groups excluding carboxylic acids is 2. The number of hydrogen-bond donors (Lipinski definition) is 2. The maximum Gasteiger partial charge on any atom is 0.407 e. The van der Waals surface area contributed by atoms with Crippen LogP contribution in [-0.4, -0.2) is 58.1 Å². The molecule has 174 valence electrons. The van der Waals surface area contributed by atoms with Crippen LogP contribution in [0.25, 0.3) is 11.1 Å². The number of rotatable bonds is 8. The molecule has 1 aliphatic rings. The first-order valence-electron chi connectivity index (χ1n) is 10.8. The smallest absolute Gasteiger partial charge is 0.407 e. The molecule has 4 rings (SSSR count). The molecule has 9 heteroatoms. The van der Waals surface area contributed by atoms with Crippen molar-refractivity contribution in [3.63, 3.8) is 0 Å². The number of fused-ring (bicyclic) bond motifs is 3. The highest BCUT2D eigenvalue weighted by Crippen LogP contribution is 2.44. The number of aliphatic carboxylic acids is 1. The van der Waals surface area contributed by atoms with E-state index in [2.05, 4.69) is 39.6 Å². The molecule has 1 aliphatic carbocycles. The van der Waals surface area contributed by atoms with E-state index in [4.69, 9.17) is 9.84 Å². The Balaban J connectivity index is 1.29. The van der Waals surface area contributed by atoms with Gasteiger partial charge in [0.05, 0.1) is 18.5 Å². The predicted molar refractivity (Wildman–Crippen MR) is 123 cm³/mol. The van der Waals surface area contributed by atoms with E-state index in [1.807, 2.05) is 24.3 Å². The molecule has 0 bridgehead atoms. The van der Waals surface area contributed by atoms with Gasteiger partial charge in [-0.2, -0.15) is 0 Å². The number of ether oxygens (including phenoxy) is 1. The average Bonchev–Trinajstić information content (AvgIpc) is 3.18. The van der Waals surface area contributed by atoms with Gasteiger partial charge in [0.1, 0.15) is 12.4 Å². The molecule has 0 aliphatic heterocycles. The van der Waals surface area contributed by atoms with Crippen LogP contribution in [-0.2, 0) is 16.1 Å². The number of alkyl carbamates (subject to hydrolysis) is 1. The third kappa shape index (κ3) is 5.03. The predicted octanol–water partition coefficient (Wildman–Crippen LogP) is 3.06. The summed E-state index contributed by atoms with van der Waals surface area (Å²) in [7, 11) is 1.51. The Bertz CT molecular complexity index is 1170. The van der Waals surface area contributed by atoms with Crippen LogP contribution in [0.1, 0.15) is 39.6 Å². The van der Waals surface area contributed by atoms with Crippen LogP contribution in [0.15, 0.2) is 60.9 Å². The standard InChI is InChI=1S/C25H24N4O5/c1-29(11-10-23(30)31)24(32)16-12-26-22(27-13-16)14-28-25(33)34-15-21-19-8-4-2-6-17(19)18-7-3-5-9-20(18)21/h2-9,12-13,21H,10-11,14-15H2,1H3,(H,28,33)(H,30,31). The second kappa shape index (κ2) is 10.1. The van der Waals surface area contributed by atoms with E-state index in [1.54, 1.807) is 0 Å². The summed E-state index contributed by atoms with van der Waals surface area (Å²) < 4.78 is 5.49. The maximum atomic E-state index is 12.3. The van der Waals surface area contributed by atoms with Gasteiger partial charge in [0.15, 0.2) is 0 Å². The normalized spacial score (nSPS) is 11.9. The molecule has 34 heavy (non-hydrogen) atoms. The van der Waals surface area contributed by atoms with Gasteiger partial charge in [-0.3, -0.25) is 9.59 Å². The topological polar surface area (TPSA) is 122 Å². The van der Waals surface area contributed by atoms with Crippen LogP contribution in [0.5, 0.6) is 0 Å². The lowest BCUT2D eigenvalue weighted by atomic mass is 9.98. The largest absolute Gasteiger partial charge is 0.481 e. The first-order valence-corrected chi connectivity index (χ1v) is 10.8. The summed E-state index contributed by atoms with van der Waals surface area (Å²) in [4.78, 5) is 44.7. The lowest BCUT2D eigenvalue weighted by Crippen LogP contribution is -2.29. The van der Waals surface area contributed by atoms with Gasteiger partial charge in [-0.05, 0) is 22.3 Å². The quantitative estimate of drug-likeness (QED) is 0.530. The van der Waals surface area contributed by atoms with E-state index in [0.717, 1.165) is 22.3 Å². The summed E-state index contributed by atoms with van der Waals surface area (Å²) >= 11 is 0. The number of hydrogen-bond acceptors (Lipinski definition) is 6. The van der Waals surface area contributed by atoms with Crippen LogP contribution in [0.3, 0.4) is 0 Å². The number of aromatic nitrogens is 2. The molecule has 2 aromatic carbocycles. The summed E-state index contributed by atoms with van der Waals surface area (Å²) in [6.07, 6.45) is 1.97. The minimum atomic E-state index is -0.981. The first-order chi connectivity index (χ1) is 16.4. The Hall–Kier alpha value is -4.27. The van der Waals surface area contributed by atoms with Crippen LogP contribution in [0.4, 0.5) is 4.79 Å². The Labute approximate surface area is 196 Å². The fourth-order valence-electron chi connectivity index (χ4n) is 3.94. The Morgan fingerprint density at radius 3 is 2.18 bits per heavy atom. The zero-order chi connectivity index (χ0) is 24.1. The maximum absolute atomic E-state index is 12.3. The van der Waals surface area contributed by atoms with Crippen molar-refractivity contribution >= 4 is 18.0 Å². The number of nitrogens with one attached hydrogen (secondary N) is 1. The molecule has 0 saturated carbocycles. The molecule has 3 aromatic rings. The Morgan fingerprint density at radius 2 is 1.59 bits per heavy atom.